The van der Waals surface area contributed by atoms with Gasteiger partial charge >= 0.3 is 0 Å². The van der Waals surface area contributed by atoms with E-state index in [4.69, 9.17) is 9.47 Å². The predicted molar refractivity (Wildman–Crippen MR) is 119 cm³/mol. The lowest BCUT2D eigenvalue weighted by Crippen LogP contribution is -2.30. The van der Waals surface area contributed by atoms with Crippen molar-refractivity contribution < 1.29 is 9.47 Å². The highest BCUT2D eigenvalue weighted by molar-refractivity contribution is 9.10. The van der Waals surface area contributed by atoms with E-state index in [0.29, 0.717) is 31.0 Å². The number of nitrogens with zero attached hydrogens (tertiary/aromatic N) is 4. The Morgan fingerprint density at radius 3 is 2.41 bits per heavy atom. The van der Waals surface area contributed by atoms with Crippen LogP contribution in [0.3, 0.4) is 0 Å². The highest BCUT2D eigenvalue weighted by atomic mass is 79.9. The van der Waals surface area contributed by atoms with E-state index in [1.165, 1.54) is 25.7 Å². The van der Waals surface area contributed by atoms with Gasteiger partial charge in [0.25, 0.3) is 0 Å². The summed E-state index contributed by atoms with van der Waals surface area (Å²) in [7, 11) is 3.40. The maximum Gasteiger partial charge on any atom is 0.230 e. The molecule has 0 bridgehead atoms. The number of rotatable bonds is 11. The highest BCUT2D eigenvalue weighted by Gasteiger charge is 2.17. The van der Waals surface area contributed by atoms with Crippen LogP contribution < -0.4 is 15.5 Å². The molecular weight excluding hydrogens is 436 g/mol. The van der Waals surface area contributed by atoms with Gasteiger partial charge in [-0.15, -0.1) is 0 Å². The summed E-state index contributed by atoms with van der Waals surface area (Å²) in [5.41, 5.74) is 1.02. The monoisotopic (exact) mass is 464 g/mol. The van der Waals surface area contributed by atoms with Crippen molar-refractivity contribution in [2.24, 2.45) is 0 Å². The van der Waals surface area contributed by atoms with Gasteiger partial charge in [-0.05, 0) is 40.9 Å². The molecule has 0 aliphatic heterocycles. The van der Waals surface area contributed by atoms with Gasteiger partial charge in [-0.2, -0.15) is 4.98 Å². The number of nitrogens with one attached hydrogen (secondary N) is 2. The van der Waals surface area contributed by atoms with E-state index in [1.807, 2.05) is 18.3 Å². The average molecular weight is 465 g/mol. The van der Waals surface area contributed by atoms with Gasteiger partial charge in [-0.3, -0.25) is 0 Å². The van der Waals surface area contributed by atoms with Crippen LogP contribution in [0.1, 0.15) is 25.7 Å². The quantitative estimate of drug-likeness (QED) is 0.518. The van der Waals surface area contributed by atoms with Crippen LogP contribution in [0.25, 0.3) is 0 Å². The molecule has 1 saturated carbocycles. The number of hydrogen-bond acceptors (Lipinski definition) is 8. The first-order valence-electron chi connectivity index (χ1n) is 9.94. The smallest absolute Gasteiger partial charge is 0.230 e. The Kier molecular flexibility index (Phi) is 8.45. The number of anilines is 4. The fourth-order valence-corrected chi connectivity index (χ4v) is 3.63. The summed E-state index contributed by atoms with van der Waals surface area (Å²) in [5, 5.41) is 6.70. The average Bonchev–Trinajstić information content (AvgIpc) is 3.25. The second kappa shape index (κ2) is 11.3. The molecule has 0 saturated heterocycles. The van der Waals surface area contributed by atoms with Crippen LogP contribution in [0, 0.1) is 0 Å². The number of halogens is 1. The lowest BCUT2D eigenvalue weighted by atomic mass is 10.2. The van der Waals surface area contributed by atoms with Crippen molar-refractivity contribution in [3.8, 4) is 0 Å². The maximum absolute atomic E-state index is 5.20. The zero-order valence-corrected chi connectivity index (χ0v) is 18.6. The van der Waals surface area contributed by atoms with Crippen LogP contribution in [0.4, 0.5) is 23.3 Å². The molecule has 0 aromatic carbocycles. The maximum atomic E-state index is 5.20. The minimum atomic E-state index is 0.483. The zero-order valence-electron chi connectivity index (χ0n) is 17.0. The second-order valence-corrected chi connectivity index (χ2v) is 7.87. The Morgan fingerprint density at radius 1 is 1.07 bits per heavy atom. The van der Waals surface area contributed by atoms with E-state index in [9.17, 15) is 0 Å². The molecule has 2 aromatic rings. The molecule has 2 heterocycles. The number of pyridine rings is 1. The summed E-state index contributed by atoms with van der Waals surface area (Å²) < 4.78 is 11.3. The standard InChI is InChI=1S/C20H29BrN6O2/c1-28-11-9-27(10-12-29-2)16-7-8-18(22-13-16)25-20-23-14-17(21)19(26-20)24-15-5-3-4-6-15/h7-8,13-15H,3-6,9-12H2,1-2H3,(H2,22,23,24,25,26). The topological polar surface area (TPSA) is 84.4 Å². The second-order valence-electron chi connectivity index (χ2n) is 7.02. The predicted octanol–water partition coefficient (Wildman–Crippen LogP) is 3.83. The van der Waals surface area contributed by atoms with Crippen LogP contribution in [0.5, 0.6) is 0 Å². The van der Waals surface area contributed by atoms with Gasteiger partial charge in [0.2, 0.25) is 5.95 Å². The van der Waals surface area contributed by atoms with E-state index in [0.717, 1.165) is 29.1 Å². The van der Waals surface area contributed by atoms with Crippen molar-refractivity contribution in [1.82, 2.24) is 15.0 Å². The van der Waals surface area contributed by atoms with Crippen LogP contribution in [-0.2, 0) is 9.47 Å². The Morgan fingerprint density at radius 2 is 1.79 bits per heavy atom. The normalized spacial score (nSPS) is 14.2. The molecule has 1 fully saturated rings. The molecular formula is C20H29BrN6O2. The fourth-order valence-electron chi connectivity index (χ4n) is 3.33. The number of ether oxygens (including phenoxy) is 2. The SMILES string of the molecule is COCCN(CCOC)c1ccc(Nc2ncc(Br)c(NC3CCCC3)n2)nc1. The summed E-state index contributed by atoms with van der Waals surface area (Å²) in [5.74, 6) is 2.03. The molecule has 0 amide bonds. The Hall–Kier alpha value is -1.97. The van der Waals surface area contributed by atoms with E-state index in [2.05, 4.69) is 46.4 Å². The van der Waals surface area contributed by atoms with Crippen LogP contribution in [0.15, 0.2) is 29.0 Å². The molecule has 9 heteroatoms. The van der Waals surface area contributed by atoms with Gasteiger partial charge in [-0.1, -0.05) is 12.8 Å². The molecule has 8 nitrogen and oxygen atoms in total. The first-order valence-corrected chi connectivity index (χ1v) is 10.7. The van der Waals surface area contributed by atoms with E-state index >= 15 is 0 Å². The third-order valence-corrected chi connectivity index (χ3v) is 5.50. The lowest BCUT2D eigenvalue weighted by molar-refractivity contribution is 0.190. The fraction of sp³-hybridized carbons (Fsp3) is 0.550. The summed E-state index contributed by atoms with van der Waals surface area (Å²) in [4.78, 5) is 15.7. The van der Waals surface area contributed by atoms with Gasteiger partial charge in [0, 0.05) is 39.5 Å². The Labute approximate surface area is 180 Å². The third kappa shape index (κ3) is 6.52. The minimum absolute atomic E-state index is 0.483. The molecule has 0 radical (unpaired) electrons. The molecule has 29 heavy (non-hydrogen) atoms. The molecule has 1 aliphatic rings. The summed E-state index contributed by atoms with van der Waals surface area (Å²) in [6, 6.07) is 4.44. The molecule has 0 atom stereocenters. The van der Waals surface area contributed by atoms with Gasteiger partial charge < -0.3 is 25.0 Å². The van der Waals surface area contributed by atoms with Gasteiger partial charge in [0.05, 0.1) is 29.6 Å². The molecule has 0 spiro atoms. The summed E-state index contributed by atoms with van der Waals surface area (Å²) >= 11 is 3.53. The van der Waals surface area contributed by atoms with Crippen LogP contribution in [0.2, 0.25) is 0 Å². The lowest BCUT2D eigenvalue weighted by Gasteiger charge is -2.24. The number of methoxy groups -OCH3 is 2. The first-order chi connectivity index (χ1) is 14.2. The molecule has 2 aromatic heterocycles. The summed E-state index contributed by atoms with van der Waals surface area (Å²) in [6.07, 6.45) is 8.51. The third-order valence-electron chi connectivity index (χ3n) is 4.92. The van der Waals surface area contributed by atoms with Gasteiger partial charge in [-0.25, -0.2) is 9.97 Å². The Bertz CT molecular complexity index is 747. The van der Waals surface area contributed by atoms with Gasteiger partial charge in [0.1, 0.15) is 11.6 Å². The highest BCUT2D eigenvalue weighted by Crippen LogP contribution is 2.27. The van der Waals surface area contributed by atoms with Gasteiger partial charge in [0.15, 0.2) is 0 Å². The minimum Gasteiger partial charge on any atom is -0.383 e. The molecule has 1 aliphatic carbocycles. The van der Waals surface area contributed by atoms with Crippen LogP contribution >= 0.6 is 15.9 Å². The molecule has 3 rings (SSSR count). The number of hydrogen-bond donors (Lipinski definition) is 2. The van der Waals surface area contributed by atoms with Crippen molar-refractivity contribution in [2.45, 2.75) is 31.7 Å². The zero-order chi connectivity index (χ0) is 20.5. The van der Waals surface area contributed by atoms with E-state index in [-0.39, 0.29) is 0 Å². The van der Waals surface area contributed by atoms with Crippen molar-refractivity contribution in [1.29, 1.82) is 0 Å². The molecule has 158 valence electrons. The first kappa shape index (κ1) is 21.7. The van der Waals surface area contributed by atoms with Crippen molar-refractivity contribution in [3.05, 3.63) is 29.0 Å². The summed E-state index contributed by atoms with van der Waals surface area (Å²) in [6.45, 7) is 2.85. The van der Waals surface area contributed by atoms with E-state index < -0.39 is 0 Å². The van der Waals surface area contributed by atoms with E-state index in [1.54, 1.807) is 20.4 Å². The van der Waals surface area contributed by atoms with Crippen molar-refractivity contribution in [3.63, 3.8) is 0 Å². The Balaban J connectivity index is 1.65. The molecule has 0 unspecified atom stereocenters. The van der Waals surface area contributed by atoms with Crippen LogP contribution in [-0.4, -0.2) is 61.5 Å². The van der Waals surface area contributed by atoms with Crippen molar-refractivity contribution >= 4 is 39.2 Å². The van der Waals surface area contributed by atoms with Crippen molar-refractivity contribution in [2.75, 3.05) is 56.1 Å². The number of aromatic nitrogens is 3. The largest absolute Gasteiger partial charge is 0.383 e. The molecule has 2 N–H and O–H groups in total.